The maximum absolute atomic E-state index is 12.5. The summed E-state index contributed by atoms with van der Waals surface area (Å²) in [6.07, 6.45) is 0. The van der Waals surface area contributed by atoms with Crippen LogP contribution in [-0.4, -0.2) is 49.6 Å². The Balaban J connectivity index is 1.57. The minimum absolute atomic E-state index is 0.0269. The molecule has 7 nitrogen and oxygen atoms in total. The molecule has 0 aromatic heterocycles. The minimum Gasteiger partial charge on any atom is -0.465 e. The molecule has 2 aromatic carbocycles. The van der Waals surface area contributed by atoms with E-state index in [0.717, 1.165) is 5.69 Å². The van der Waals surface area contributed by atoms with Gasteiger partial charge in [-0.3, -0.25) is 9.69 Å². The van der Waals surface area contributed by atoms with Gasteiger partial charge in [-0.15, -0.1) is 0 Å². The Morgan fingerprint density at radius 3 is 2.38 bits per heavy atom. The van der Waals surface area contributed by atoms with E-state index >= 15 is 0 Å². The zero-order valence-corrected chi connectivity index (χ0v) is 14.3. The van der Waals surface area contributed by atoms with Gasteiger partial charge < -0.3 is 15.0 Å². The highest BCUT2D eigenvalue weighted by molar-refractivity contribution is 5.99. The van der Waals surface area contributed by atoms with Crippen molar-refractivity contribution in [3.8, 4) is 0 Å². The number of amides is 3. The number of benzene rings is 2. The third-order valence-electron chi connectivity index (χ3n) is 4.09. The highest BCUT2D eigenvalue weighted by Gasteiger charge is 2.30. The third kappa shape index (κ3) is 3.83. The van der Waals surface area contributed by atoms with E-state index in [1.807, 2.05) is 30.3 Å². The molecule has 0 saturated carbocycles. The van der Waals surface area contributed by atoms with Crippen molar-refractivity contribution >= 4 is 29.3 Å². The predicted octanol–water partition coefficient (Wildman–Crippen LogP) is 2.35. The zero-order chi connectivity index (χ0) is 18.5. The molecule has 1 aliphatic heterocycles. The summed E-state index contributed by atoms with van der Waals surface area (Å²) in [6, 6.07) is 15.5. The molecule has 0 aliphatic carbocycles. The van der Waals surface area contributed by atoms with Crippen LogP contribution in [-0.2, 0) is 9.53 Å². The molecule has 3 rings (SSSR count). The van der Waals surface area contributed by atoms with E-state index in [0.29, 0.717) is 24.3 Å². The molecule has 1 aliphatic rings. The summed E-state index contributed by atoms with van der Waals surface area (Å²) < 4.78 is 4.63. The molecule has 0 bridgehead atoms. The highest BCUT2D eigenvalue weighted by Crippen LogP contribution is 2.19. The molecule has 7 heteroatoms. The van der Waals surface area contributed by atoms with Gasteiger partial charge in [0, 0.05) is 24.5 Å². The molecule has 134 valence electrons. The average molecular weight is 353 g/mol. The van der Waals surface area contributed by atoms with Gasteiger partial charge in [0.05, 0.1) is 12.7 Å². The Bertz CT molecular complexity index is 805. The molecule has 1 fully saturated rings. The number of esters is 1. The van der Waals surface area contributed by atoms with Gasteiger partial charge in [-0.2, -0.15) is 0 Å². The van der Waals surface area contributed by atoms with Crippen LogP contribution >= 0.6 is 0 Å². The summed E-state index contributed by atoms with van der Waals surface area (Å²) in [6.45, 7) is 1.01. The van der Waals surface area contributed by atoms with Crippen LogP contribution in [0.4, 0.5) is 16.2 Å². The van der Waals surface area contributed by atoms with Crippen molar-refractivity contribution < 1.29 is 19.1 Å². The van der Waals surface area contributed by atoms with Crippen molar-refractivity contribution in [3.05, 3.63) is 60.2 Å². The summed E-state index contributed by atoms with van der Waals surface area (Å²) >= 11 is 0. The number of hydrogen-bond acceptors (Lipinski definition) is 4. The molecule has 1 saturated heterocycles. The molecule has 0 spiro atoms. The highest BCUT2D eigenvalue weighted by atomic mass is 16.5. The number of anilines is 2. The van der Waals surface area contributed by atoms with E-state index in [2.05, 4.69) is 10.1 Å². The third-order valence-corrected chi connectivity index (χ3v) is 4.09. The van der Waals surface area contributed by atoms with E-state index in [1.54, 1.807) is 29.2 Å². The number of hydrogen-bond donors (Lipinski definition) is 1. The molecule has 1 N–H and O–H groups in total. The first-order valence-electron chi connectivity index (χ1n) is 8.18. The first-order valence-corrected chi connectivity index (χ1v) is 8.18. The fourth-order valence-electron chi connectivity index (χ4n) is 2.76. The van der Waals surface area contributed by atoms with Crippen molar-refractivity contribution in [2.24, 2.45) is 0 Å². The Morgan fingerprint density at radius 1 is 1.04 bits per heavy atom. The molecule has 3 amide bonds. The number of ether oxygens (including phenoxy) is 1. The van der Waals surface area contributed by atoms with Crippen LogP contribution in [0.3, 0.4) is 0 Å². The molecule has 0 unspecified atom stereocenters. The zero-order valence-electron chi connectivity index (χ0n) is 14.3. The van der Waals surface area contributed by atoms with Crippen molar-refractivity contribution in [1.29, 1.82) is 0 Å². The Morgan fingerprint density at radius 2 is 1.73 bits per heavy atom. The van der Waals surface area contributed by atoms with Crippen LogP contribution in [0.5, 0.6) is 0 Å². The summed E-state index contributed by atoms with van der Waals surface area (Å²) in [4.78, 5) is 39.2. The fraction of sp³-hybridized carbons (Fsp3) is 0.211. The van der Waals surface area contributed by atoms with E-state index in [9.17, 15) is 14.4 Å². The average Bonchev–Trinajstić information content (AvgIpc) is 3.02. The van der Waals surface area contributed by atoms with E-state index in [-0.39, 0.29) is 18.5 Å². The molecule has 2 aromatic rings. The largest absolute Gasteiger partial charge is 0.465 e. The lowest BCUT2D eigenvalue weighted by molar-refractivity contribution is -0.116. The van der Waals surface area contributed by atoms with Crippen molar-refractivity contribution in [2.45, 2.75) is 0 Å². The van der Waals surface area contributed by atoms with Crippen LogP contribution in [0.25, 0.3) is 0 Å². The molecular formula is C19H19N3O4. The number of urea groups is 1. The summed E-state index contributed by atoms with van der Waals surface area (Å²) in [7, 11) is 1.31. The quantitative estimate of drug-likeness (QED) is 0.837. The second kappa shape index (κ2) is 7.69. The molecule has 0 radical (unpaired) electrons. The number of para-hydroxylation sites is 1. The van der Waals surface area contributed by atoms with E-state index in [4.69, 9.17) is 0 Å². The first-order chi connectivity index (χ1) is 12.6. The maximum atomic E-state index is 12.5. The number of methoxy groups -OCH3 is 1. The molecule has 26 heavy (non-hydrogen) atoms. The minimum atomic E-state index is -0.438. The molecular weight excluding hydrogens is 334 g/mol. The van der Waals surface area contributed by atoms with Gasteiger partial charge in [0.2, 0.25) is 5.91 Å². The van der Waals surface area contributed by atoms with Crippen molar-refractivity contribution in [3.63, 3.8) is 0 Å². The van der Waals surface area contributed by atoms with Gasteiger partial charge in [0.1, 0.15) is 6.54 Å². The van der Waals surface area contributed by atoms with Crippen LogP contribution in [0.2, 0.25) is 0 Å². The van der Waals surface area contributed by atoms with Gasteiger partial charge in [-0.25, -0.2) is 9.59 Å². The van der Waals surface area contributed by atoms with Gasteiger partial charge >= 0.3 is 12.0 Å². The van der Waals surface area contributed by atoms with E-state index < -0.39 is 5.97 Å². The lowest BCUT2D eigenvalue weighted by atomic mass is 10.2. The molecule has 0 atom stereocenters. The Hall–Kier alpha value is -3.35. The van der Waals surface area contributed by atoms with Gasteiger partial charge in [-0.1, -0.05) is 18.2 Å². The van der Waals surface area contributed by atoms with Crippen molar-refractivity contribution in [1.82, 2.24) is 4.90 Å². The predicted molar refractivity (Wildman–Crippen MR) is 97.2 cm³/mol. The number of nitrogens with zero attached hydrogens (tertiary/aromatic N) is 2. The van der Waals surface area contributed by atoms with Crippen molar-refractivity contribution in [2.75, 3.05) is 37.0 Å². The van der Waals surface area contributed by atoms with Gasteiger partial charge in [0.25, 0.3) is 0 Å². The van der Waals surface area contributed by atoms with Crippen LogP contribution < -0.4 is 10.2 Å². The maximum Gasteiger partial charge on any atom is 0.337 e. The second-order valence-corrected chi connectivity index (χ2v) is 5.81. The standard InChI is InChI=1S/C19H19N3O4/c1-26-18(24)14-7-9-15(10-8-14)20-17(23)13-21-11-12-22(19(21)25)16-5-3-2-4-6-16/h2-10H,11-13H2,1H3,(H,20,23). The monoisotopic (exact) mass is 353 g/mol. The van der Waals surface area contributed by atoms with Crippen LogP contribution in [0.1, 0.15) is 10.4 Å². The first kappa shape index (κ1) is 17.5. The Labute approximate surface area is 151 Å². The van der Waals surface area contributed by atoms with Crippen LogP contribution in [0, 0.1) is 0 Å². The number of carbonyl (C=O) groups excluding carboxylic acids is 3. The van der Waals surface area contributed by atoms with E-state index in [1.165, 1.54) is 12.0 Å². The fourth-order valence-corrected chi connectivity index (χ4v) is 2.76. The lowest BCUT2D eigenvalue weighted by Gasteiger charge is -2.18. The number of carbonyl (C=O) groups is 3. The topological polar surface area (TPSA) is 79.0 Å². The van der Waals surface area contributed by atoms with Crippen LogP contribution in [0.15, 0.2) is 54.6 Å². The normalized spacial score (nSPS) is 13.7. The summed E-state index contributed by atoms with van der Waals surface area (Å²) in [5.74, 6) is -0.731. The van der Waals surface area contributed by atoms with Gasteiger partial charge in [-0.05, 0) is 36.4 Å². The summed E-state index contributed by atoms with van der Waals surface area (Å²) in [5.41, 5.74) is 1.77. The smallest absolute Gasteiger partial charge is 0.337 e. The lowest BCUT2D eigenvalue weighted by Crippen LogP contribution is -2.37. The molecule has 1 heterocycles. The number of nitrogens with one attached hydrogen (secondary N) is 1. The van der Waals surface area contributed by atoms with Gasteiger partial charge in [0.15, 0.2) is 0 Å². The SMILES string of the molecule is COC(=O)c1ccc(NC(=O)CN2CCN(c3ccccc3)C2=O)cc1. The number of rotatable bonds is 5. The summed E-state index contributed by atoms with van der Waals surface area (Å²) in [5, 5.41) is 2.72. The second-order valence-electron chi connectivity index (χ2n) is 5.81. The Kier molecular flexibility index (Phi) is 5.17.